The van der Waals surface area contributed by atoms with Crippen LogP contribution in [0.5, 0.6) is 5.75 Å². The lowest BCUT2D eigenvalue weighted by Crippen LogP contribution is -2.22. The van der Waals surface area contributed by atoms with E-state index in [0.29, 0.717) is 23.8 Å². The number of amides is 2. The summed E-state index contributed by atoms with van der Waals surface area (Å²) in [6.45, 7) is 0.401. The number of benzene rings is 3. The molecule has 1 aromatic heterocycles. The lowest BCUT2D eigenvalue weighted by molar-refractivity contribution is -0.115. The van der Waals surface area contributed by atoms with Crippen molar-refractivity contribution in [3.63, 3.8) is 0 Å². The number of hydrogen-bond acceptors (Lipinski definition) is 6. The first-order chi connectivity index (χ1) is 17.1. The molecule has 35 heavy (non-hydrogen) atoms. The van der Waals surface area contributed by atoms with E-state index in [4.69, 9.17) is 4.74 Å². The molecule has 4 aromatic rings. The zero-order valence-corrected chi connectivity index (χ0v) is 19.0. The summed E-state index contributed by atoms with van der Waals surface area (Å²) in [6.07, 6.45) is 1.89. The second-order valence-corrected chi connectivity index (χ2v) is 8.07. The fourth-order valence-corrected chi connectivity index (χ4v) is 3.90. The molecule has 1 aliphatic heterocycles. The van der Waals surface area contributed by atoms with Crippen molar-refractivity contribution in [3.8, 4) is 17.0 Å². The van der Waals surface area contributed by atoms with Crippen molar-refractivity contribution in [1.82, 2.24) is 15.3 Å². The second-order valence-electron chi connectivity index (χ2n) is 8.07. The Hall–Kier alpha value is -4.72. The standard InChI is InChI=1S/C27H23N5O3/c1-35-21-6-4-5-17(13-21)15-28-26(34)18-9-11-20(12-10-18)30-27-29-16-19-14-24(33)31-23-8-3-2-7-22(23)25(19)32-27/h2-13,16H,14-15H2,1H3,(H,28,34)(H,31,33)(H,29,30,32). The molecule has 3 aromatic carbocycles. The molecule has 0 bridgehead atoms. The molecule has 8 nitrogen and oxygen atoms in total. The molecule has 0 aliphatic carbocycles. The molecule has 0 atom stereocenters. The van der Waals surface area contributed by atoms with E-state index in [-0.39, 0.29) is 18.2 Å². The van der Waals surface area contributed by atoms with Crippen LogP contribution < -0.4 is 20.7 Å². The Morgan fingerprint density at radius 3 is 2.71 bits per heavy atom. The molecule has 174 valence electrons. The van der Waals surface area contributed by atoms with Gasteiger partial charge in [0, 0.05) is 35.1 Å². The highest BCUT2D eigenvalue weighted by molar-refractivity contribution is 6.00. The van der Waals surface area contributed by atoms with Gasteiger partial charge in [0.1, 0.15) is 5.75 Å². The van der Waals surface area contributed by atoms with E-state index in [1.807, 2.05) is 48.5 Å². The third-order valence-corrected chi connectivity index (χ3v) is 5.66. The molecule has 0 fully saturated rings. The minimum absolute atomic E-state index is 0.0965. The van der Waals surface area contributed by atoms with Gasteiger partial charge in [-0.3, -0.25) is 9.59 Å². The highest BCUT2D eigenvalue weighted by Gasteiger charge is 2.20. The Morgan fingerprint density at radius 2 is 1.89 bits per heavy atom. The van der Waals surface area contributed by atoms with E-state index in [9.17, 15) is 9.59 Å². The van der Waals surface area contributed by atoms with Crippen LogP contribution in [-0.2, 0) is 17.8 Å². The van der Waals surface area contributed by atoms with Crippen molar-refractivity contribution in [2.75, 3.05) is 17.7 Å². The molecule has 1 aliphatic rings. The van der Waals surface area contributed by atoms with Gasteiger partial charge in [-0.05, 0) is 48.0 Å². The number of rotatable bonds is 6. The molecule has 0 radical (unpaired) electrons. The summed E-state index contributed by atoms with van der Waals surface area (Å²) < 4.78 is 5.22. The van der Waals surface area contributed by atoms with Gasteiger partial charge in [0.15, 0.2) is 0 Å². The maximum absolute atomic E-state index is 12.6. The van der Waals surface area contributed by atoms with Crippen molar-refractivity contribution in [2.45, 2.75) is 13.0 Å². The van der Waals surface area contributed by atoms with Crippen LogP contribution in [0, 0.1) is 0 Å². The number of aromatic nitrogens is 2. The summed E-state index contributed by atoms with van der Waals surface area (Å²) in [6, 6.07) is 22.2. The first-order valence-electron chi connectivity index (χ1n) is 11.1. The van der Waals surface area contributed by atoms with Crippen LogP contribution in [0.1, 0.15) is 21.5 Å². The van der Waals surface area contributed by atoms with Gasteiger partial charge >= 0.3 is 0 Å². The number of ether oxygens (including phenoxy) is 1. The first kappa shape index (κ1) is 22.1. The molecule has 3 N–H and O–H groups in total. The number of carbonyl (C=O) groups excluding carboxylic acids is 2. The van der Waals surface area contributed by atoms with Crippen molar-refractivity contribution >= 4 is 29.1 Å². The predicted octanol–water partition coefficient (Wildman–Crippen LogP) is 4.32. The third-order valence-electron chi connectivity index (χ3n) is 5.66. The third kappa shape index (κ3) is 4.96. The minimum Gasteiger partial charge on any atom is -0.497 e. The van der Waals surface area contributed by atoms with Gasteiger partial charge in [0.2, 0.25) is 11.9 Å². The average molecular weight is 466 g/mol. The molecule has 0 saturated carbocycles. The molecule has 5 rings (SSSR count). The summed E-state index contributed by atoms with van der Waals surface area (Å²) in [4.78, 5) is 33.8. The van der Waals surface area contributed by atoms with E-state index in [1.54, 1.807) is 37.6 Å². The maximum Gasteiger partial charge on any atom is 0.251 e. The smallest absolute Gasteiger partial charge is 0.251 e. The zero-order chi connectivity index (χ0) is 24.2. The molecule has 0 spiro atoms. The van der Waals surface area contributed by atoms with Crippen molar-refractivity contribution < 1.29 is 14.3 Å². The van der Waals surface area contributed by atoms with E-state index < -0.39 is 0 Å². The SMILES string of the molecule is COc1cccc(CNC(=O)c2ccc(Nc3ncc4c(n3)-c3ccccc3NC(=O)C4)cc2)c1. The zero-order valence-electron chi connectivity index (χ0n) is 19.0. The van der Waals surface area contributed by atoms with Gasteiger partial charge in [-0.2, -0.15) is 0 Å². The fourth-order valence-electron chi connectivity index (χ4n) is 3.90. The van der Waals surface area contributed by atoms with Gasteiger partial charge in [0.05, 0.1) is 24.9 Å². The van der Waals surface area contributed by atoms with Crippen LogP contribution in [0.25, 0.3) is 11.3 Å². The fraction of sp³-hybridized carbons (Fsp3) is 0.111. The Morgan fingerprint density at radius 1 is 1.06 bits per heavy atom. The Balaban J connectivity index is 1.28. The topological polar surface area (TPSA) is 105 Å². The first-order valence-corrected chi connectivity index (χ1v) is 11.1. The van der Waals surface area contributed by atoms with Gasteiger partial charge in [-0.15, -0.1) is 0 Å². The highest BCUT2D eigenvalue weighted by atomic mass is 16.5. The molecule has 0 unspecified atom stereocenters. The summed E-state index contributed by atoms with van der Waals surface area (Å²) >= 11 is 0. The number of nitrogens with zero attached hydrogens (tertiary/aromatic N) is 2. The maximum atomic E-state index is 12.6. The van der Waals surface area contributed by atoms with Crippen LogP contribution in [-0.4, -0.2) is 28.9 Å². The Kier molecular flexibility index (Phi) is 6.09. The second kappa shape index (κ2) is 9.64. The largest absolute Gasteiger partial charge is 0.497 e. The summed E-state index contributed by atoms with van der Waals surface area (Å²) in [5.74, 6) is 0.886. The molecule has 2 amide bonds. The number of hydrogen-bond donors (Lipinski definition) is 3. The predicted molar refractivity (Wildman–Crippen MR) is 134 cm³/mol. The van der Waals surface area contributed by atoms with Crippen LogP contribution in [0.15, 0.2) is 79.0 Å². The normalized spacial score (nSPS) is 12.0. The quantitative estimate of drug-likeness (QED) is 0.392. The van der Waals surface area contributed by atoms with E-state index in [2.05, 4.69) is 25.9 Å². The number of carbonyl (C=O) groups is 2. The van der Waals surface area contributed by atoms with E-state index >= 15 is 0 Å². The van der Waals surface area contributed by atoms with Crippen LogP contribution >= 0.6 is 0 Å². The van der Waals surface area contributed by atoms with Crippen molar-refractivity contribution in [3.05, 3.63) is 95.7 Å². The minimum atomic E-state index is -0.172. The number of methoxy groups -OCH3 is 1. The van der Waals surface area contributed by atoms with Gasteiger partial charge in [-0.1, -0.05) is 30.3 Å². The van der Waals surface area contributed by atoms with Gasteiger partial charge in [0.25, 0.3) is 5.91 Å². The molecular formula is C27H23N5O3. The van der Waals surface area contributed by atoms with E-state index in [0.717, 1.165) is 33.8 Å². The number of nitrogens with one attached hydrogen (secondary N) is 3. The van der Waals surface area contributed by atoms with Crippen molar-refractivity contribution in [1.29, 1.82) is 0 Å². The average Bonchev–Trinajstić information content (AvgIpc) is 3.03. The molecule has 0 saturated heterocycles. The molecular weight excluding hydrogens is 442 g/mol. The Labute approximate surface area is 202 Å². The van der Waals surface area contributed by atoms with Crippen LogP contribution in [0.3, 0.4) is 0 Å². The molecule has 2 heterocycles. The monoisotopic (exact) mass is 465 g/mol. The van der Waals surface area contributed by atoms with Gasteiger partial charge < -0.3 is 20.7 Å². The Bertz CT molecular complexity index is 1400. The lowest BCUT2D eigenvalue weighted by atomic mass is 10.1. The van der Waals surface area contributed by atoms with E-state index in [1.165, 1.54) is 0 Å². The number of anilines is 3. The highest BCUT2D eigenvalue weighted by Crippen LogP contribution is 2.32. The van der Waals surface area contributed by atoms with Crippen LogP contribution in [0.4, 0.5) is 17.3 Å². The van der Waals surface area contributed by atoms with Gasteiger partial charge in [-0.25, -0.2) is 9.97 Å². The van der Waals surface area contributed by atoms with Crippen molar-refractivity contribution in [2.24, 2.45) is 0 Å². The number of fused-ring (bicyclic) bond motifs is 3. The summed E-state index contributed by atoms with van der Waals surface area (Å²) in [5, 5.41) is 9.01. The summed E-state index contributed by atoms with van der Waals surface area (Å²) in [7, 11) is 1.61. The summed E-state index contributed by atoms with van der Waals surface area (Å²) in [5.41, 5.74) is 5.29. The lowest BCUT2D eigenvalue weighted by Gasteiger charge is -2.11. The molecule has 8 heteroatoms. The van der Waals surface area contributed by atoms with Crippen LogP contribution in [0.2, 0.25) is 0 Å². The number of para-hydroxylation sites is 1.